The third-order valence-corrected chi connectivity index (χ3v) is 5.34. The number of aromatic nitrogens is 6. The molecule has 4 rings (SSSR count). The first-order valence-corrected chi connectivity index (χ1v) is 9.67. The number of hydrogen-bond donors (Lipinski definition) is 0. The molecule has 0 radical (unpaired) electrons. The van der Waals surface area contributed by atoms with Gasteiger partial charge in [0.15, 0.2) is 16.4 Å². The summed E-state index contributed by atoms with van der Waals surface area (Å²) in [7, 11) is 0. The highest BCUT2D eigenvalue weighted by atomic mass is 32.1. The quantitative estimate of drug-likeness (QED) is 0.625. The summed E-state index contributed by atoms with van der Waals surface area (Å²) in [6.45, 7) is 7.25. The maximum Gasteiger partial charge on any atom is 0.231 e. The molecule has 1 aliphatic heterocycles. The fourth-order valence-electron chi connectivity index (χ4n) is 3.59. The normalized spacial score (nSPS) is 18.1. The molecule has 0 aromatic carbocycles. The van der Waals surface area contributed by atoms with E-state index in [-0.39, 0.29) is 5.92 Å². The van der Waals surface area contributed by atoms with Gasteiger partial charge in [-0.15, -0.1) is 0 Å². The van der Waals surface area contributed by atoms with Crippen molar-refractivity contribution in [3.05, 3.63) is 41.0 Å². The summed E-state index contributed by atoms with van der Waals surface area (Å²) in [6, 6.07) is 3.92. The third-order valence-electron chi connectivity index (χ3n) is 4.91. The summed E-state index contributed by atoms with van der Waals surface area (Å²) in [5.74, 6) is 2.57. The molecule has 4 heterocycles. The van der Waals surface area contributed by atoms with Gasteiger partial charge in [-0.2, -0.15) is 10.1 Å². The standard InChI is InChI=1S/C18H23N7OS/c1-3-24-16(14-6-8-19-9-7-14)21-25(18(24)27)12-23-10-4-5-15(11-23)17-20-13(2)22-26-17/h6-9,15H,3-5,10-12H2,1-2H3. The minimum Gasteiger partial charge on any atom is -0.339 e. The minimum atomic E-state index is 0.266. The minimum absolute atomic E-state index is 0.266. The van der Waals surface area contributed by atoms with Crippen LogP contribution in [0.3, 0.4) is 0 Å². The molecule has 1 atom stereocenters. The highest BCUT2D eigenvalue weighted by Crippen LogP contribution is 2.26. The van der Waals surface area contributed by atoms with Gasteiger partial charge in [0.2, 0.25) is 5.89 Å². The van der Waals surface area contributed by atoms with Crippen LogP contribution in [-0.4, -0.2) is 47.5 Å². The number of aryl methyl sites for hydroxylation is 1. The molecule has 0 aliphatic carbocycles. The molecule has 0 amide bonds. The number of rotatable bonds is 5. The van der Waals surface area contributed by atoms with Crippen molar-refractivity contribution in [2.24, 2.45) is 0 Å². The molecule has 0 spiro atoms. The van der Waals surface area contributed by atoms with E-state index >= 15 is 0 Å². The molecule has 3 aromatic heterocycles. The molecule has 27 heavy (non-hydrogen) atoms. The van der Waals surface area contributed by atoms with Crippen molar-refractivity contribution in [3.8, 4) is 11.4 Å². The first-order chi connectivity index (χ1) is 13.2. The lowest BCUT2D eigenvalue weighted by Crippen LogP contribution is -2.36. The van der Waals surface area contributed by atoms with Crippen LogP contribution in [0.5, 0.6) is 0 Å². The molecule has 0 saturated carbocycles. The summed E-state index contributed by atoms with van der Waals surface area (Å²) in [4.78, 5) is 10.9. The van der Waals surface area contributed by atoms with Crippen LogP contribution in [0.2, 0.25) is 0 Å². The highest BCUT2D eigenvalue weighted by molar-refractivity contribution is 7.71. The smallest absolute Gasteiger partial charge is 0.231 e. The Morgan fingerprint density at radius 3 is 2.81 bits per heavy atom. The fourth-order valence-corrected chi connectivity index (χ4v) is 3.90. The maximum atomic E-state index is 5.69. The van der Waals surface area contributed by atoms with Gasteiger partial charge in [0, 0.05) is 31.0 Å². The third kappa shape index (κ3) is 3.70. The van der Waals surface area contributed by atoms with E-state index in [1.807, 2.05) is 23.7 Å². The van der Waals surface area contributed by atoms with Gasteiger partial charge in [-0.3, -0.25) is 9.88 Å². The van der Waals surface area contributed by atoms with Crippen LogP contribution in [0.1, 0.15) is 37.4 Å². The first kappa shape index (κ1) is 18.0. The Kier molecular flexibility index (Phi) is 5.13. The molecule has 3 aromatic rings. The van der Waals surface area contributed by atoms with E-state index in [2.05, 4.69) is 31.5 Å². The lowest BCUT2D eigenvalue weighted by molar-refractivity contribution is 0.143. The monoisotopic (exact) mass is 385 g/mol. The molecule has 0 N–H and O–H groups in total. The Balaban J connectivity index is 1.55. The lowest BCUT2D eigenvalue weighted by atomic mass is 9.98. The lowest BCUT2D eigenvalue weighted by Gasteiger charge is -2.30. The fraction of sp³-hybridized carbons (Fsp3) is 0.500. The number of likely N-dealkylation sites (tertiary alicyclic amines) is 1. The molecule has 1 aliphatic rings. The number of hydrogen-bond acceptors (Lipinski definition) is 7. The van der Waals surface area contributed by atoms with Crippen LogP contribution < -0.4 is 0 Å². The van der Waals surface area contributed by atoms with E-state index in [0.29, 0.717) is 12.5 Å². The summed E-state index contributed by atoms with van der Waals surface area (Å²) in [5, 5.41) is 8.73. The number of pyridine rings is 1. The van der Waals surface area contributed by atoms with Gasteiger partial charge in [-0.05, 0) is 57.6 Å². The average molecular weight is 385 g/mol. The van der Waals surface area contributed by atoms with Crippen LogP contribution >= 0.6 is 12.2 Å². The van der Waals surface area contributed by atoms with Gasteiger partial charge >= 0.3 is 0 Å². The summed E-state index contributed by atoms with van der Waals surface area (Å²) in [5.41, 5.74) is 1.02. The van der Waals surface area contributed by atoms with Crippen molar-refractivity contribution in [1.82, 2.24) is 34.4 Å². The van der Waals surface area contributed by atoms with Crippen LogP contribution in [0.25, 0.3) is 11.4 Å². The van der Waals surface area contributed by atoms with Crippen LogP contribution in [-0.2, 0) is 13.2 Å². The van der Waals surface area contributed by atoms with Crippen molar-refractivity contribution in [3.63, 3.8) is 0 Å². The Labute approximate surface area is 162 Å². The van der Waals surface area contributed by atoms with E-state index < -0.39 is 0 Å². The van der Waals surface area contributed by atoms with Gasteiger partial charge in [0.1, 0.15) is 0 Å². The Hall–Kier alpha value is -2.39. The zero-order valence-corrected chi connectivity index (χ0v) is 16.4. The van der Waals surface area contributed by atoms with Crippen molar-refractivity contribution in [2.45, 2.75) is 45.8 Å². The van der Waals surface area contributed by atoms with Gasteiger partial charge in [-0.1, -0.05) is 5.16 Å². The van der Waals surface area contributed by atoms with E-state index in [0.717, 1.165) is 54.5 Å². The molecule has 8 nitrogen and oxygen atoms in total. The molecule has 9 heteroatoms. The average Bonchev–Trinajstić information content (AvgIpc) is 3.26. The van der Waals surface area contributed by atoms with Crippen LogP contribution in [0.4, 0.5) is 0 Å². The second kappa shape index (κ2) is 7.69. The van der Waals surface area contributed by atoms with E-state index in [9.17, 15) is 0 Å². The van der Waals surface area contributed by atoms with E-state index in [1.165, 1.54) is 0 Å². The van der Waals surface area contributed by atoms with Crippen molar-refractivity contribution >= 4 is 12.2 Å². The van der Waals surface area contributed by atoms with Crippen molar-refractivity contribution in [2.75, 3.05) is 13.1 Å². The molecule has 1 fully saturated rings. The highest BCUT2D eigenvalue weighted by Gasteiger charge is 2.26. The van der Waals surface area contributed by atoms with E-state index in [4.69, 9.17) is 21.8 Å². The molecule has 1 unspecified atom stereocenters. The maximum absolute atomic E-state index is 5.69. The Bertz CT molecular complexity index is 962. The van der Waals surface area contributed by atoms with Gasteiger partial charge in [0.25, 0.3) is 0 Å². The van der Waals surface area contributed by atoms with Crippen LogP contribution in [0, 0.1) is 11.7 Å². The second-order valence-electron chi connectivity index (χ2n) is 6.82. The summed E-state index contributed by atoms with van der Waals surface area (Å²) >= 11 is 5.69. The van der Waals surface area contributed by atoms with E-state index in [1.54, 1.807) is 12.4 Å². The van der Waals surface area contributed by atoms with Crippen molar-refractivity contribution in [1.29, 1.82) is 0 Å². The zero-order valence-electron chi connectivity index (χ0n) is 15.6. The number of piperidine rings is 1. The summed E-state index contributed by atoms with van der Waals surface area (Å²) in [6.07, 6.45) is 5.71. The number of nitrogens with zero attached hydrogens (tertiary/aromatic N) is 7. The predicted octanol–water partition coefficient (Wildman–Crippen LogP) is 3.02. The van der Waals surface area contributed by atoms with Gasteiger partial charge in [-0.25, -0.2) is 4.68 Å². The Morgan fingerprint density at radius 2 is 2.11 bits per heavy atom. The molecular formula is C18H23N7OS. The zero-order chi connectivity index (χ0) is 18.8. The predicted molar refractivity (Wildman–Crippen MR) is 103 cm³/mol. The molecule has 1 saturated heterocycles. The molecular weight excluding hydrogens is 362 g/mol. The van der Waals surface area contributed by atoms with Crippen LogP contribution in [0.15, 0.2) is 29.0 Å². The van der Waals surface area contributed by atoms with Gasteiger partial charge in [0.05, 0.1) is 12.6 Å². The second-order valence-corrected chi connectivity index (χ2v) is 7.19. The summed E-state index contributed by atoms with van der Waals surface area (Å²) < 4.78 is 10.1. The van der Waals surface area contributed by atoms with Gasteiger partial charge < -0.3 is 9.09 Å². The first-order valence-electron chi connectivity index (χ1n) is 9.26. The largest absolute Gasteiger partial charge is 0.339 e. The topological polar surface area (TPSA) is 77.8 Å². The molecule has 142 valence electrons. The van der Waals surface area contributed by atoms with Crippen molar-refractivity contribution < 1.29 is 4.52 Å². The Morgan fingerprint density at radius 1 is 1.30 bits per heavy atom. The molecule has 0 bridgehead atoms. The SMILES string of the molecule is CCn1c(-c2ccncc2)nn(CN2CCCC(c3nc(C)no3)C2)c1=S.